The van der Waals surface area contributed by atoms with E-state index in [1.54, 1.807) is 18.2 Å². The number of hydrogen-bond acceptors (Lipinski definition) is 4. The Hall–Kier alpha value is -1.92. The molecule has 1 unspecified atom stereocenters. The van der Waals surface area contributed by atoms with Gasteiger partial charge < -0.3 is 10.6 Å². The number of thiazole rings is 1. The van der Waals surface area contributed by atoms with Gasteiger partial charge in [-0.2, -0.15) is 0 Å². The molecular formula is C17H20ClN3O2S. The van der Waals surface area contributed by atoms with Crippen LogP contribution in [-0.2, 0) is 10.3 Å². The molecule has 2 aromatic rings. The lowest BCUT2D eigenvalue weighted by molar-refractivity contribution is -0.114. The Labute approximate surface area is 150 Å². The lowest BCUT2D eigenvalue weighted by atomic mass is 9.99. The number of aromatic nitrogens is 1. The molecule has 1 aromatic carbocycles. The highest BCUT2D eigenvalue weighted by molar-refractivity contribution is 7.09. The molecule has 0 fully saturated rings. The monoisotopic (exact) mass is 365 g/mol. The van der Waals surface area contributed by atoms with Gasteiger partial charge in [0.25, 0.3) is 5.91 Å². The van der Waals surface area contributed by atoms with Gasteiger partial charge in [-0.3, -0.25) is 9.59 Å². The second-order valence-corrected chi connectivity index (χ2v) is 7.07. The summed E-state index contributed by atoms with van der Waals surface area (Å²) in [4.78, 5) is 28.4. The summed E-state index contributed by atoms with van der Waals surface area (Å²) in [5, 5.41) is 8.81. The number of benzene rings is 1. The Morgan fingerprint density at radius 2 is 2.08 bits per heavy atom. The molecule has 0 saturated heterocycles. The number of anilines is 1. The Balaban J connectivity index is 2.29. The molecule has 0 radical (unpaired) electrons. The Morgan fingerprint density at radius 1 is 1.38 bits per heavy atom. The van der Waals surface area contributed by atoms with Crippen molar-refractivity contribution in [3.05, 3.63) is 44.9 Å². The first-order valence-electron chi connectivity index (χ1n) is 7.57. The number of nitrogens with zero attached hydrogens (tertiary/aromatic N) is 1. The maximum atomic E-state index is 12.7. The van der Waals surface area contributed by atoms with Gasteiger partial charge in [0, 0.05) is 23.7 Å². The minimum absolute atomic E-state index is 0.208. The molecule has 128 valence electrons. The minimum Gasteiger partial charge on any atom is -0.340 e. The van der Waals surface area contributed by atoms with Gasteiger partial charge in [-0.25, -0.2) is 4.98 Å². The van der Waals surface area contributed by atoms with E-state index >= 15 is 0 Å². The predicted octanol–water partition coefficient (Wildman–Crippen LogP) is 4.12. The van der Waals surface area contributed by atoms with E-state index in [1.165, 1.54) is 18.3 Å². The third-order valence-corrected chi connectivity index (χ3v) is 5.27. The Morgan fingerprint density at radius 3 is 2.62 bits per heavy atom. The number of hydrogen-bond donors (Lipinski definition) is 2. The number of halogens is 1. The van der Waals surface area contributed by atoms with Crippen molar-refractivity contribution >= 4 is 40.4 Å². The van der Waals surface area contributed by atoms with Crippen LogP contribution < -0.4 is 10.6 Å². The average molecular weight is 366 g/mol. The molecule has 2 N–H and O–H groups in total. The van der Waals surface area contributed by atoms with Gasteiger partial charge in [-0.15, -0.1) is 11.3 Å². The normalized spacial score (nSPS) is 13.2. The zero-order valence-corrected chi connectivity index (χ0v) is 15.6. The molecule has 0 aliphatic heterocycles. The van der Waals surface area contributed by atoms with Gasteiger partial charge in [0.2, 0.25) is 5.91 Å². The molecule has 2 rings (SSSR count). The van der Waals surface area contributed by atoms with E-state index in [-0.39, 0.29) is 11.8 Å². The number of carbonyl (C=O) groups is 2. The van der Waals surface area contributed by atoms with Crippen molar-refractivity contribution in [3.8, 4) is 0 Å². The molecule has 0 saturated carbocycles. The summed E-state index contributed by atoms with van der Waals surface area (Å²) in [6, 6.07) is 4.82. The van der Waals surface area contributed by atoms with Gasteiger partial charge >= 0.3 is 0 Å². The van der Waals surface area contributed by atoms with Gasteiger partial charge in [0.05, 0.1) is 16.1 Å². The Kier molecular flexibility index (Phi) is 5.62. The SMILES string of the molecule is CCC(C)(NC(=O)c1cc(NC(C)=O)ccc1Cl)c1nc(C)cs1. The molecule has 1 heterocycles. The maximum Gasteiger partial charge on any atom is 0.253 e. The summed E-state index contributed by atoms with van der Waals surface area (Å²) < 4.78 is 0. The van der Waals surface area contributed by atoms with Crippen LogP contribution in [0.5, 0.6) is 0 Å². The van der Waals surface area contributed by atoms with E-state index in [2.05, 4.69) is 15.6 Å². The van der Waals surface area contributed by atoms with Crippen molar-refractivity contribution in [2.45, 2.75) is 39.7 Å². The average Bonchev–Trinajstić information content (AvgIpc) is 2.95. The van der Waals surface area contributed by atoms with Crippen LogP contribution in [0.25, 0.3) is 0 Å². The highest BCUT2D eigenvalue weighted by atomic mass is 35.5. The molecule has 0 spiro atoms. The fourth-order valence-corrected chi connectivity index (χ4v) is 3.39. The first-order chi connectivity index (χ1) is 11.2. The van der Waals surface area contributed by atoms with Crippen molar-refractivity contribution in [2.24, 2.45) is 0 Å². The van der Waals surface area contributed by atoms with Crippen molar-refractivity contribution in [1.29, 1.82) is 0 Å². The zero-order chi connectivity index (χ0) is 17.9. The molecule has 0 aliphatic carbocycles. The smallest absolute Gasteiger partial charge is 0.253 e. The summed E-state index contributed by atoms with van der Waals surface area (Å²) in [7, 11) is 0. The highest BCUT2D eigenvalue weighted by Crippen LogP contribution is 2.29. The maximum absolute atomic E-state index is 12.7. The zero-order valence-electron chi connectivity index (χ0n) is 14.1. The molecule has 1 atom stereocenters. The lowest BCUT2D eigenvalue weighted by Crippen LogP contribution is -2.43. The van der Waals surface area contributed by atoms with E-state index < -0.39 is 5.54 Å². The van der Waals surface area contributed by atoms with Crippen molar-refractivity contribution < 1.29 is 9.59 Å². The summed E-state index contributed by atoms with van der Waals surface area (Å²) in [6.45, 7) is 7.26. The molecule has 2 amide bonds. The predicted molar refractivity (Wildman–Crippen MR) is 97.7 cm³/mol. The van der Waals surface area contributed by atoms with Crippen LogP contribution in [0.15, 0.2) is 23.6 Å². The third kappa shape index (κ3) is 4.13. The molecule has 0 aliphatic rings. The molecule has 24 heavy (non-hydrogen) atoms. The van der Waals surface area contributed by atoms with Gasteiger partial charge in [0.1, 0.15) is 5.01 Å². The fraction of sp³-hybridized carbons (Fsp3) is 0.353. The van der Waals surface area contributed by atoms with Crippen LogP contribution in [0.4, 0.5) is 5.69 Å². The third-order valence-electron chi connectivity index (χ3n) is 3.72. The van der Waals surface area contributed by atoms with Crippen molar-refractivity contribution in [1.82, 2.24) is 10.3 Å². The second-order valence-electron chi connectivity index (χ2n) is 5.81. The molecule has 0 bridgehead atoms. The van der Waals surface area contributed by atoms with Crippen molar-refractivity contribution in [3.63, 3.8) is 0 Å². The number of rotatable bonds is 5. The van der Waals surface area contributed by atoms with Crippen LogP contribution in [0, 0.1) is 6.92 Å². The van der Waals surface area contributed by atoms with E-state index in [1.807, 2.05) is 26.2 Å². The number of nitrogens with one attached hydrogen (secondary N) is 2. The topological polar surface area (TPSA) is 71.1 Å². The van der Waals surface area contributed by atoms with Crippen LogP contribution in [0.3, 0.4) is 0 Å². The van der Waals surface area contributed by atoms with Gasteiger partial charge in [-0.1, -0.05) is 18.5 Å². The summed E-state index contributed by atoms with van der Waals surface area (Å²) in [5.41, 5.74) is 1.19. The largest absolute Gasteiger partial charge is 0.340 e. The van der Waals surface area contributed by atoms with Crippen LogP contribution in [0.1, 0.15) is 48.3 Å². The first kappa shape index (κ1) is 18.4. The number of aryl methyl sites for hydroxylation is 1. The number of carbonyl (C=O) groups excluding carboxylic acids is 2. The standard InChI is InChI=1S/C17H20ClN3O2S/c1-5-17(4,16-19-10(2)9-24-16)21-15(23)13-8-12(20-11(3)22)6-7-14(13)18/h6-9H,5H2,1-4H3,(H,20,22)(H,21,23). The molecule has 5 nitrogen and oxygen atoms in total. The van der Waals surface area contributed by atoms with E-state index in [0.29, 0.717) is 22.7 Å². The Bertz CT molecular complexity index is 775. The molecule has 1 aromatic heterocycles. The molecule has 7 heteroatoms. The second kappa shape index (κ2) is 7.32. The lowest BCUT2D eigenvalue weighted by Gasteiger charge is -2.27. The molecular weight excluding hydrogens is 346 g/mol. The summed E-state index contributed by atoms with van der Waals surface area (Å²) in [6.07, 6.45) is 0.689. The van der Waals surface area contributed by atoms with Crippen LogP contribution in [-0.4, -0.2) is 16.8 Å². The van der Waals surface area contributed by atoms with Gasteiger partial charge in [0.15, 0.2) is 0 Å². The summed E-state index contributed by atoms with van der Waals surface area (Å²) >= 11 is 7.68. The minimum atomic E-state index is -0.580. The van der Waals surface area contributed by atoms with E-state index in [9.17, 15) is 9.59 Å². The van der Waals surface area contributed by atoms with E-state index in [4.69, 9.17) is 11.6 Å². The van der Waals surface area contributed by atoms with Crippen molar-refractivity contribution in [2.75, 3.05) is 5.32 Å². The highest BCUT2D eigenvalue weighted by Gasteiger charge is 2.30. The summed E-state index contributed by atoms with van der Waals surface area (Å²) in [5.74, 6) is -0.509. The quantitative estimate of drug-likeness (QED) is 0.837. The fourth-order valence-electron chi connectivity index (χ4n) is 2.20. The number of amides is 2. The first-order valence-corrected chi connectivity index (χ1v) is 8.83. The van der Waals surface area contributed by atoms with E-state index in [0.717, 1.165) is 10.7 Å². The van der Waals surface area contributed by atoms with Gasteiger partial charge in [-0.05, 0) is 38.5 Å². The van der Waals surface area contributed by atoms with Crippen LogP contribution in [0.2, 0.25) is 5.02 Å². The van der Waals surface area contributed by atoms with Crippen LogP contribution >= 0.6 is 22.9 Å².